The van der Waals surface area contributed by atoms with E-state index in [2.05, 4.69) is 42.8 Å². The molecule has 5 rings (SSSR count). The summed E-state index contributed by atoms with van der Waals surface area (Å²) < 4.78 is 1.80. The van der Waals surface area contributed by atoms with E-state index in [1.54, 1.807) is 4.68 Å². The molecule has 1 aliphatic rings. The van der Waals surface area contributed by atoms with Crippen molar-refractivity contribution in [2.24, 2.45) is 7.05 Å². The Morgan fingerprint density at radius 2 is 1.89 bits per heavy atom. The standard InChI is InChI=1S/C20H24N8/c1-3-27-4-6-28(7-5-27)18-17-15-8-13(14-10-24-26(2)12-14)9-23-20(15)25-16(17)11-22-19(18)21/h8-12H,3-7H2,1-2H3,(H2,21,22)(H,23,25). The van der Waals surface area contributed by atoms with E-state index in [4.69, 9.17) is 5.73 Å². The lowest BCUT2D eigenvalue weighted by Crippen LogP contribution is -2.46. The minimum absolute atomic E-state index is 0.574. The number of hydrogen-bond acceptors (Lipinski definition) is 6. The third-order valence-corrected chi connectivity index (χ3v) is 5.67. The lowest BCUT2D eigenvalue weighted by molar-refractivity contribution is 0.271. The van der Waals surface area contributed by atoms with Gasteiger partial charge < -0.3 is 20.5 Å². The van der Waals surface area contributed by atoms with Gasteiger partial charge in [-0.2, -0.15) is 5.10 Å². The SMILES string of the molecule is CCN1CCN(c2c(N)ncc3[nH]c4ncc(-c5cnn(C)c5)cc4c23)CC1. The third-order valence-electron chi connectivity index (χ3n) is 5.67. The van der Waals surface area contributed by atoms with Crippen molar-refractivity contribution in [1.82, 2.24) is 29.6 Å². The first-order chi connectivity index (χ1) is 13.6. The summed E-state index contributed by atoms with van der Waals surface area (Å²) in [5, 5.41) is 6.45. The molecule has 0 amide bonds. The number of rotatable bonds is 3. The fraction of sp³-hybridized carbons (Fsp3) is 0.350. The zero-order chi connectivity index (χ0) is 19.3. The molecule has 3 N–H and O–H groups in total. The maximum atomic E-state index is 6.37. The van der Waals surface area contributed by atoms with Crippen LogP contribution in [0.3, 0.4) is 0 Å². The minimum Gasteiger partial charge on any atom is -0.382 e. The van der Waals surface area contributed by atoms with Crippen LogP contribution < -0.4 is 10.6 Å². The lowest BCUT2D eigenvalue weighted by Gasteiger charge is -2.36. The molecule has 0 bridgehead atoms. The van der Waals surface area contributed by atoms with Crippen molar-refractivity contribution in [1.29, 1.82) is 0 Å². The van der Waals surface area contributed by atoms with E-state index in [0.29, 0.717) is 5.82 Å². The number of hydrogen-bond donors (Lipinski definition) is 2. The molecule has 0 aliphatic carbocycles. The van der Waals surface area contributed by atoms with Crippen LogP contribution in [-0.4, -0.2) is 62.4 Å². The zero-order valence-corrected chi connectivity index (χ0v) is 16.2. The summed E-state index contributed by atoms with van der Waals surface area (Å²) >= 11 is 0. The molecule has 4 aromatic rings. The molecule has 0 aromatic carbocycles. The van der Waals surface area contributed by atoms with Crippen LogP contribution in [0.25, 0.3) is 33.1 Å². The highest BCUT2D eigenvalue weighted by atomic mass is 15.3. The number of aryl methyl sites for hydroxylation is 1. The number of H-pyrrole nitrogens is 1. The van der Waals surface area contributed by atoms with Gasteiger partial charge in [-0.3, -0.25) is 4.68 Å². The second kappa shape index (κ2) is 6.49. The first-order valence-electron chi connectivity index (χ1n) is 9.66. The van der Waals surface area contributed by atoms with Crippen molar-refractivity contribution < 1.29 is 0 Å². The second-order valence-electron chi connectivity index (χ2n) is 7.35. The number of nitrogen functional groups attached to an aromatic ring is 1. The summed E-state index contributed by atoms with van der Waals surface area (Å²) in [6, 6.07) is 2.17. The highest BCUT2D eigenvalue weighted by Crippen LogP contribution is 2.37. The van der Waals surface area contributed by atoms with Crippen LogP contribution in [0.2, 0.25) is 0 Å². The van der Waals surface area contributed by atoms with Gasteiger partial charge in [0.1, 0.15) is 11.5 Å². The number of pyridine rings is 2. The molecule has 8 heteroatoms. The van der Waals surface area contributed by atoms with Crippen LogP contribution in [0.4, 0.5) is 11.5 Å². The predicted molar refractivity (Wildman–Crippen MR) is 112 cm³/mol. The molecule has 1 saturated heterocycles. The van der Waals surface area contributed by atoms with Crippen molar-refractivity contribution in [2.45, 2.75) is 6.92 Å². The number of anilines is 2. The monoisotopic (exact) mass is 376 g/mol. The van der Waals surface area contributed by atoms with Gasteiger partial charge in [0.05, 0.1) is 23.6 Å². The zero-order valence-electron chi connectivity index (χ0n) is 16.2. The molecule has 0 saturated carbocycles. The van der Waals surface area contributed by atoms with Crippen molar-refractivity contribution in [3.8, 4) is 11.1 Å². The van der Waals surface area contributed by atoms with Crippen molar-refractivity contribution >= 4 is 33.4 Å². The van der Waals surface area contributed by atoms with Gasteiger partial charge in [0.15, 0.2) is 0 Å². The van der Waals surface area contributed by atoms with Crippen LogP contribution in [0.5, 0.6) is 0 Å². The number of aromatic amines is 1. The molecule has 8 nitrogen and oxygen atoms in total. The van der Waals surface area contributed by atoms with E-state index in [9.17, 15) is 0 Å². The summed E-state index contributed by atoms with van der Waals surface area (Å²) in [5.74, 6) is 0.574. The van der Waals surface area contributed by atoms with E-state index < -0.39 is 0 Å². The lowest BCUT2D eigenvalue weighted by atomic mass is 10.1. The molecular formula is C20H24N8. The highest BCUT2D eigenvalue weighted by Gasteiger charge is 2.23. The number of piperazine rings is 1. The first kappa shape index (κ1) is 17.0. The van der Waals surface area contributed by atoms with Crippen molar-refractivity contribution in [2.75, 3.05) is 43.4 Å². The Kier molecular flexibility index (Phi) is 3.94. The summed E-state index contributed by atoms with van der Waals surface area (Å²) in [6.07, 6.45) is 7.55. The van der Waals surface area contributed by atoms with Gasteiger partial charge in [-0.25, -0.2) is 9.97 Å². The van der Waals surface area contributed by atoms with E-state index in [1.807, 2.05) is 31.8 Å². The summed E-state index contributed by atoms with van der Waals surface area (Å²) in [7, 11) is 1.92. The van der Waals surface area contributed by atoms with Gasteiger partial charge in [0.2, 0.25) is 0 Å². The van der Waals surface area contributed by atoms with Crippen molar-refractivity contribution in [3.05, 3.63) is 30.9 Å². The van der Waals surface area contributed by atoms with Gasteiger partial charge in [0, 0.05) is 67.5 Å². The third kappa shape index (κ3) is 2.68. The first-order valence-corrected chi connectivity index (χ1v) is 9.66. The molecule has 5 heterocycles. The van der Waals surface area contributed by atoms with Gasteiger partial charge in [-0.1, -0.05) is 6.92 Å². The Labute approximate surface area is 163 Å². The normalized spacial score (nSPS) is 15.7. The van der Waals surface area contributed by atoms with Crippen LogP contribution in [0.1, 0.15) is 6.92 Å². The van der Waals surface area contributed by atoms with Crippen LogP contribution in [0.15, 0.2) is 30.9 Å². The average Bonchev–Trinajstić information content (AvgIpc) is 3.31. The summed E-state index contributed by atoms with van der Waals surface area (Å²) in [5.41, 5.74) is 11.3. The molecule has 28 heavy (non-hydrogen) atoms. The molecule has 0 unspecified atom stereocenters. The molecule has 4 aromatic heterocycles. The Morgan fingerprint density at radius 3 is 2.61 bits per heavy atom. The Balaban J connectivity index is 1.68. The maximum absolute atomic E-state index is 6.37. The minimum atomic E-state index is 0.574. The quantitative estimate of drug-likeness (QED) is 0.570. The van der Waals surface area contributed by atoms with E-state index in [-0.39, 0.29) is 0 Å². The van der Waals surface area contributed by atoms with Crippen LogP contribution >= 0.6 is 0 Å². The predicted octanol–water partition coefficient (Wildman–Crippen LogP) is 2.24. The highest BCUT2D eigenvalue weighted by molar-refractivity contribution is 6.15. The molecular weight excluding hydrogens is 352 g/mol. The molecule has 0 spiro atoms. The fourth-order valence-electron chi connectivity index (χ4n) is 4.10. The maximum Gasteiger partial charge on any atom is 0.147 e. The molecule has 144 valence electrons. The molecule has 0 radical (unpaired) electrons. The smallest absolute Gasteiger partial charge is 0.147 e. The molecule has 0 atom stereocenters. The number of likely N-dealkylation sites (N-methyl/N-ethyl adjacent to an activating group) is 1. The van der Waals surface area contributed by atoms with Crippen LogP contribution in [0, 0.1) is 0 Å². The Morgan fingerprint density at radius 1 is 1.07 bits per heavy atom. The summed E-state index contributed by atoms with van der Waals surface area (Å²) in [6.45, 7) is 7.25. The number of nitrogens with one attached hydrogen (secondary N) is 1. The van der Waals surface area contributed by atoms with Gasteiger partial charge in [-0.05, 0) is 12.6 Å². The molecule has 1 fully saturated rings. The average molecular weight is 376 g/mol. The second-order valence-corrected chi connectivity index (χ2v) is 7.35. The van der Waals surface area contributed by atoms with Gasteiger partial charge >= 0.3 is 0 Å². The fourth-order valence-corrected chi connectivity index (χ4v) is 4.10. The summed E-state index contributed by atoms with van der Waals surface area (Å²) in [4.78, 5) is 17.3. The van der Waals surface area contributed by atoms with E-state index in [1.165, 1.54) is 0 Å². The largest absolute Gasteiger partial charge is 0.382 e. The number of nitrogens with zero attached hydrogens (tertiary/aromatic N) is 6. The Bertz CT molecular complexity index is 1150. The van der Waals surface area contributed by atoms with Gasteiger partial charge in [0.25, 0.3) is 0 Å². The molecule has 1 aliphatic heterocycles. The number of aromatic nitrogens is 5. The Hall–Kier alpha value is -3.13. The van der Waals surface area contributed by atoms with Crippen LogP contribution in [-0.2, 0) is 7.05 Å². The van der Waals surface area contributed by atoms with Crippen molar-refractivity contribution in [3.63, 3.8) is 0 Å². The van der Waals surface area contributed by atoms with E-state index >= 15 is 0 Å². The number of fused-ring (bicyclic) bond motifs is 3. The van der Waals surface area contributed by atoms with Gasteiger partial charge in [-0.15, -0.1) is 0 Å². The number of nitrogens with two attached hydrogens (primary N) is 1. The topological polar surface area (TPSA) is 91.9 Å². The van der Waals surface area contributed by atoms with E-state index in [0.717, 1.165) is 71.5 Å².